The number of morpholine rings is 1. The number of carbonyl (C=O) groups is 1. The van der Waals surface area contributed by atoms with Gasteiger partial charge >= 0.3 is 0 Å². The highest BCUT2D eigenvalue weighted by atomic mass is 16.5. The van der Waals surface area contributed by atoms with Crippen LogP contribution in [-0.2, 0) is 16.0 Å². The molecule has 3 aliphatic rings. The van der Waals surface area contributed by atoms with Crippen molar-refractivity contribution >= 4 is 5.91 Å². The van der Waals surface area contributed by atoms with E-state index in [1.807, 2.05) is 6.20 Å². The molecule has 1 amide bonds. The number of hydrogen-bond donors (Lipinski definition) is 1. The molecule has 0 aromatic carbocycles. The van der Waals surface area contributed by atoms with Crippen molar-refractivity contribution in [3.63, 3.8) is 0 Å². The minimum atomic E-state index is -0.00294. The summed E-state index contributed by atoms with van der Waals surface area (Å²) in [6.07, 6.45) is 13.9. The van der Waals surface area contributed by atoms with Gasteiger partial charge in [-0.3, -0.25) is 19.7 Å². The van der Waals surface area contributed by atoms with E-state index in [0.29, 0.717) is 24.8 Å². The van der Waals surface area contributed by atoms with Crippen LogP contribution in [0.4, 0.5) is 0 Å². The zero-order valence-corrected chi connectivity index (χ0v) is 16.2. The first kappa shape index (κ1) is 18.8. The maximum atomic E-state index is 12.0. The lowest BCUT2D eigenvalue weighted by atomic mass is 9.93. The number of amides is 1. The summed E-state index contributed by atoms with van der Waals surface area (Å²) < 4.78 is 6.01. The molecule has 148 valence electrons. The molecule has 2 aliphatic carbocycles. The highest BCUT2D eigenvalue weighted by molar-refractivity contribution is 5.76. The van der Waals surface area contributed by atoms with Crippen LogP contribution in [0.3, 0.4) is 0 Å². The SMILES string of the molecule is O=C(CCc1cncc(C2CN(C3CCCCC3)CCO2)n1)NCC1CC1. The predicted octanol–water partition coefficient (Wildman–Crippen LogP) is 2.64. The molecule has 1 atom stereocenters. The highest BCUT2D eigenvalue weighted by Crippen LogP contribution is 2.28. The zero-order valence-electron chi connectivity index (χ0n) is 16.2. The Balaban J connectivity index is 1.30. The Morgan fingerprint density at radius 3 is 2.85 bits per heavy atom. The molecule has 1 aromatic rings. The van der Waals surface area contributed by atoms with Gasteiger partial charge in [0.2, 0.25) is 5.91 Å². The number of hydrogen-bond acceptors (Lipinski definition) is 5. The van der Waals surface area contributed by atoms with Crippen LogP contribution in [-0.4, -0.2) is 53.1 Å². The van der Waals surface area contributed by atoms with Gasteiger partial charge in [0, 0.05) is 38.3 Å². The third-order valence-corrected chi connectivity index (χ3v) is 6.11. The van der Waals surface area contributed by atoms with Crippen LogP contribution in [0.5, 0.6) is 0 Å². The summed E-state index contributed by atoms with van der Waals surface area (Å²) in [5, 5.41) is 3.02. The van der Waals surface area contributed by atoms with Gasteiger partial charge in [-0.25, -0.2) is 0 Å². The van der Waals surface area contributed by atoms with E-state index in [0.717, 1.165) is 37.6 Å². The summed E-state index contributed by atoms with van der Waals surface area (Å²) in [5.41, 5.74) is 1.79. The van der Waals surface area contributed by atoms with Crippen LogP contribution in [0.2, 0.25) is 0 Å². The molecule has 1 aromatic heterocycles. The van der Waals surface area contributed by atoms with Gasteiger partial charge in [0.05, 0.1) is 24.2 Å². The minimum absolute atomic E-state index is 0.00294. The van der Waals surface area contributed by atoms with Crippen LogP contribution in [0.25, 0.3) is 0 Å². The molecule has 0 radical (unpaired) electrons. The van der Waals surface area contributed by atoms with E-state index in [1.54, 1.807) is 6.20 Å². The number of aromatic nitrogens is 2. The van der Waals surface area contributed by atoms with Gasteiger partial charge in [0.25, 0.3) is 0 Å². The van der Waals surface area contributed by atoms with Crippen molar-refractivity contribution in [1.82, 2.24) is 20.2 Å². The average molecular weight is 373 g/mol. The summed E-state index contributed by atoms with van der Waals surface area (Å²) in [6, 6.07) is 0.705. The van der Waals surface area contributed by atoms with E-state index in [4.69, 9.17) is 9.72 Å². The summed E-state index contributed by atoms with van der Waals surface area (Å²) in [7, 11) is 0. The molecular weight excluding hydrogens is 340 g/mol. The fourth-order valence-corrected chi connectivity index (χ4v) is 4.23. The van der Waals surface area contributed by atoms with Gasteiger partial charge in [-0.05, 0) is 38.0 Å². The average Bonchev–Trinajstić information content (AvgIpc) is 3.56. The number of rotatable bonds is 7. The Bertz CT molecular complexity index is 628. The van der Waals surface area contributed by atoms with E-state index >= 15 is 0 Å². The molecule has 1 aliphatic heterocycles. The molecule has 2 heterocycles. The van der Waals surface area contributed by atoms with Crippen LogP contribution in [0.15, 0.2) is 12.4 Å². The molecular formula is C21H32N4O2. The Morgan fingerprint density at radius 2 is 2.04 bits per heavy atom. The number of carbonyl (C=O) groups excluding carboxylic acids is 1. The molecule has 6 nitrogen and oxygen atoms in total. The number of aryl methyl sites for hydroxylation is 1. The highest BCUT2D eigenvalue weighted by Gasteiger charge is 2.29. The molecule has 27 heavy (non-hydrogen) atoms. The standard InChI is InChI=1S/C21H32N4O2/c26-21(23-12-16-6-7-16)9-8-17-13-22-14-19(24-17)20-15-25(10-11-27-20)18-4-2-1-3-5-18/h13-14,16,18,20H,1-12,15H2,(H,23,26). The number of ether oxygens (including phenoxy) is 1. The van der Waals surface area contributed by atoms with E-state index in [9.17, 15) is 4.79 Å². The molecule has 3 fully saturated rings. The largest absolute Gasteiger partial charge is 0.369 e. The van der Waals surface area contributed by atoms with Crippen molar-refractivity contribution in [3.05, 3.63) is 23.8 Å². The summed E-state index contributed by atoms with van der Waals surface area (Å²) in [5.74, 6) is 0.833. The molecule has 2 saturated carbocycles. The lowest BCUT2D eigenvalue weighted by molar-refractivity contribution is -0.121. The smallest absolute Gasteiger partial charge is 0.220 e. The number of nitrogens with one attached hydrogen (secondary N) is 1. The van der Waals surface area contributed by atoms with Gasteiger partial charge < -0.3 is 10.1 Å². The first-order valence-electron chi connectivity index (χ1n) is 10.7. The van der Waals surface area contributed by atoms with E-state index in [2.05, 4.69) is 15.2 Å². The van der Waals surface area contributed by atoms with Gasteiger partial charge in [-0.15, -0.1) is 0 Å². The second-order valence-electron chi connectivity index (χ2n) is 8.33. The fourth-order valence-electron chi connectivity index (χ4n) is 4.23. The van der Waals surface area contributed by atoms with Gasteiger partial charge in [0.1, 0.15) is 6.10 Å². The summed E-state index contributed by atoms with van der Waals surface area (Å²) >= 11 is 0. The monoisotopic (exact) mass is 372 g/mol. The van der Waals surface area contributed by atoms with Crippen LogP contribution >= 0.6 is 0 Å². The van der Waals surface area contributed by atoms with E-state index in [1.165, 1.54) is 44.9 Å². The molecule has 0 bridgehead atoms. The van der Waals surface area contributed by atoms with Crippen molar-refractivity contribution < 1.29 is 9.53 Å². The van der Waals surface area contributed by atoms with Crippen LogP contribution in [0, 0.1) is 5.92 Å². The molecule has 0 spiro atoms. The van der Waals surface area contributed by atoms with Crippen LogP contribution in [0.1, 0.15) is 68.9 Å². The van der Waals surface area contributed by atoms with Crippen molar-refractivity contribution in [2.45, 2.75) is 69.9 Å². The zero-order chi connectivity index (χ0) is 18.5. The Kier molecular flexibility index (Phi) is 6.35. The lowest BCUT2D eigenvalue weighted by Crippen LogP contribution is -2.45. The molecule has 1 unspecified atom stereocenters. The number of nitrogens with zero attached hydrogens (tertiary/aromatic N) is 3. The van der Waals surface area contributed by atoms with Gasteiger partial charge in [0.15, 0.2) is 0 Å². The minimum Gasteiger partial charge on any atom is -0.369 e. The maximum absolute atomic E-state index is 12.0. The Labute approximate surface area is 162 Å². The Morgan fingerprint density at radius 1 is 1.19 bits per heavy atom. The normalized spacial score (nSPS) is 24.7. The molecule has 1 saturated heterocycles. The maximum Gasteiger partial charge on any atom is 0.220 e. The lowest BCUT2D eigenvalue weighted by Gasteiger charge is -2.39. The van der Waals surface area contributed by atoms with Crippen molar-refractivity contribution in [2.75, 3.05) is 26.2 Å². The third kappa shape index (κ3) is 5.48. The predicted molar refractivity (Wildman–Crippen MR) is 103 cm³/mol. The quantitative estimate of drug-likeness (QED) is 0.797. The van der Waals surface area contributed by atoms with Crippen molar-refractivity contribution in [3.8, 4) is 0 Å². The first-order valence-corrected chi connectivity index (χ1v) is 10.7. The van der Waals surface area contributed by atoms with Crippen molar-refractivity contribution in [1.29, 1.82) is 0 Å². The van der Waals surface area contributed by atoms with Gasteiger partial charge in [-0.1, -0.05) is 19.3 Å². The van der Waals surface area contributed by atoms with Crippen molar-refractivity contribution in [2.24, 2.45) is 5.92 Å². The summed E-state index contributed by atoms with van der Waals surface area (Å²) in [6.45, 7) is 3.52. The Hall–Kier alpha value is -1.53. The van der Waals surface area contributed by atoms with Crippen LogP contribution < -0.4 is 5.32 Å². The topological polar surface area (TPSA) is 67.4 Å². The third-order valence-electron chi connectivity index (χ3n) is 6.11. The van der Waals surface area contributed by atoms with E-state index < -0.39 is 0 Å². The first-order chi connectivity index (χ1) is 13.3. The van der Waals surface area contributed by atoms with Gasteiger partial charge in [-0.2, -0.15) is 0 Å². The second-order valence-corrected chi connectivity index (χ2v) is 8.33. The summed E-state index contributed by atoms with van der Waals surface area (Å²) in [4.78, 5) is 23.7. The molecule has 1 N–H and O–H groups in total. The van der Waals surface area contributed by atoms with E-state index in [-0.39, 0.29) is 12.0 Å². The second kappa shape index (κ2) is 9.11. The fraction of sp³-hybridized carbons (Fsp3) is 0.762. The molecule has 6 heteroatoms. The molecule has 4 rings (SSSR count).